The summed E-state index contributed by atoms with van der Waals surface area (Å²) in [7, 11) is 0. The Morgan fingerprint density at radius 1 is 1.17 bits per heavy atom. The number of hydrogen-bond acceptors (Lipinski definition) is 1. The summed E-state index contributed by atoms with van der Waals surface area (Å²) >= 11 is 0. The average molecular weight is 245 g/mol. The lowest BCUT2D eigenvalue weighted by molar-refractivity contribution is 0.296. The van der Waals surface area contributed by atoms with Crippen molar-refractivity contribution in [3.8, 4) is 0 Å². The lowest BCUT2D eigenvalue weighted by Gasteiger charge is -2.33. The van der Waals surface area contributed by atoms with Crippen molar-refractivity contribution in [2.45, 2.75) is 58.9 Å². The second kappa shape index (κ2) is 5.44. The van der Waals surface area contributed by atoms with Crippen molar-refractivity contribution in [2.24, 2.45) is 5.41 Å². The van der Waals surface area contributed by atoms with Gasteiger partial charge in [0, 0.05) is 12.6 Å². The van der Waals surface area contributed by atoms with Crippen LogP contribution in [0.1, 0.15) is 70.0 Å². The molecular weight excluding hydrogens is 218 g/mol. The monoisotopic (exact) mass is 245 g/mol. The van der Waals surface area contributed by atoms with E-state index in [1.54, 1.807) is 5.56 Å². The maximum Gasteiger partial charge on any atom is 0.0323 e. The Morgan fingerprint density at radius 3 is 2.50 bits per heavy atom. The van der Waals surface area contributed by atoms with Crippen molar-refractivity contribution in [3.63, 3.8) is 0 Å². The molecule has 0 heterocycles. The minimum absolute atomic E-state index is 0.401. The van der Waals surface area contributed by atoms with E-state index < -0.39 is 0 Å². The first-order chi connectivity index (χ1) is 8.53. The van der Waals surface area contributed by atoms with Gasteiger partial charge in [-0.1, -0.05) is 52.0 Å². The second-order valence-corrected chi connectivity index (χ2v) is 6.56. The zero-order valence-corrected chi connectivity index (χ0v) is 12.3. The van der Waals surface area contributed by atoms with Crippen LogP contribution in [0.3, 0.4) is 0 Å². The first-order valence-corrected chi connectivity index (χ1v) is 7.35. The van der Waals surface area contributed by atoms with E-state index in [4.69, 9.17) is 0 Å². The maximum absolute atomic E-state index is 3.79. The molecule has 0 aliphatic heterocycles. The lowest BCUT2D eigenvalue weighted by Crippen LogP contribution is -2.34. The second-order valence-electron chi connectivity index (χ2n) is 6.56. The van der Waals surface area contributed by atoms with Crippen LogP contribution in [0.2, 0.25) is 0 Å². The van der Waals surface area contributed by atoms with Crippen molar-refractivity contribution in [1.82, 2.24) is 5.32 Å². The molecule has 1 N–H and O–H groups in total. The predicted molar refractivity (Wildman–Crippen MR) is 78.9 cm³/mol. The summed E-state index contributed by atoms with van der Waals surface area (Å²) in [5.41, 5.74) is 3.48. The molecule has 100 valence electrons. The minimum atomic E-state index is 0.401. The normalized spacial score (nSPS) is 23.8. The quantitative estimate of drug-likeness (QED) is 0.814. The van der Waals surface area contributed by atoms with Crippen LogP contribution < -0.4 is 5.32 Å². The van der Waals surface area contributed by atoms with Crippen LogP contribution in [0, 0.1) is 5.41 Å². The summed E-state index contributed by atoms with van der Waals surface area (Å²) in [4.78, 5) is 0. The number of benzene rings is 1. The molecule has 0 amide bonds. The highest BCUT2D eigenvalue weighted by atomic mass is 14.9. The first kappa shape index (κ1) is 13.6. The van der Waals surface area contributed by atoms with Gasteiger partial charge in [-0.05, 0) is 41.7 Å². The molecular formula is C17H27N. The third kappa shape index (κ3) is 2.95. The molecule has 1 heteroatoms. The Balaban J connectivity index is 2.10. The van der Waals surface area contributed by atoms with Gasteiger partial charge in [0.05, 0.1) is 0 Å². The fourth-order valence-electron chi connectivity index (χ4n) is 2.74. The van der Waals surface area contributed by atoms with Crippen LogP contribution in [-0.2, 0) is 0 Å². The number of nitrogens with one attached hydrogen (secondary N) is 1. The molecule has 2 rings (SSSR count). The van der Waals surface area contributed by atoms with E-state index in [0.29, 0.717) is 11.5 Å². The molecule has 2 unspecified atom stereocenters. The first-order valence-electron chi connectivity index (χ1n) is 7.35. The third-order valence-corrected chi connectivity index (χ3v) is 4.57. The van der Waals surface area contributed by atoms with E-state index in [2.05, 4.69) is 57.3 Å². The van der Waals surface area contributed by atoms with E-state index in [-0.39, 0.29) is 0 Å². The number of fused-ring (bicyclic) bond motifs is 1. The van der Waals surface area contributed by atoms with Gasteiger partial charge in [0.2, 0.25) is 0 Å². The molecule has 0 aromatic heterocycles. The summed E-state index contributed by atoms with van der Waals surface area (Å²) < 4.78 is 0. The van der Waals surface area contributed by atoms with Gasteiger partial charge < -0.3 is 5.32 Å². The molecule has 1 aromatic rings. The molecule has 0 bridgehead atoms. The molecule has 0 spiro atoms. The van der Waals surface area contributed by atoms with Crippen molar-refractivity contribution < 1.29 is 0 Å². The fourth-order valence-corrected chi connectivity index (χ4v) is 2.74. The van der Waals surface area contributed by atoms with E-state index >= 15 is 0 Å². The Hall–Kier alpha value is -0.820. The van der Waals surface area contributed by atoms with Crippen LogP contribution in [0.5, 0.6) is 0 Å². The third-order valence-electron chi connectivity index (χ3n) is 4.57. The summed E-state index contributed by atoms with van der Waals surface area (Å²) in [5, 5.41) is 3.79. The van der Waals surface area contributed by atoms with Gasteiger partial charge in [0.1, 0.15) is 0 Å². The van der Waals surface area contributed by atoms with E-state index in [0.717, 1.165) is 12.5 Å². The molecule has 2 atom stereocenters. The SMILES string of the molecule is CCC(C)(C)CNC1CCC(C)c2ccccc21. The van der Waals surface area contributed by atoms with Crippen LogP contribution in [-0.4, -0.2) is 6.54 Å². The van der Waals surface area contributed by atoms with Crippen molar-refractivity contribution in [2.75, 3.05) is 6.54 Å². The number of rotatable bonds is 4. The van der Waals surface area contributed by atoms with Crippen LogP contribution >= 0.6 is 0 Å². The molecule has 1 nitrogen and oxygen atoms in total. The van der Waals surface area contributed by atoms with E-state index in [1.165, 1.54) is 24.8 Å². The molecule has 1 aliphatic carbocycles. The van der Waals surface area contributed by atoms with Crippen molar-refractivity contribution in [3.05, 3.63) is 35.4 Å². The highest BCUT2D eigenvalue weighted by Gasteiger charge is 2.25. The Kier molecular flexibility index (Phi) is 4.11. The largest absolute Gasteiger partial charge is 0.309 e. The molecule has 0 fully saturated rings. The predicted octanol–water partition coefficient (Wildman–Crippen LogP) is 4.65. The zero-order valence-electron chi connectivity index (χ0n) is 12.3. The Labute approximate surface area is 112 Å². The van der Waals surface area contributed by atoms with Crippen LogP contribution in [0.15, 0.2) is 24.3 Å². The molecule has 1 aliphatic rings. The van der Waals surface area contributed by atoms with Gasteiger partial charge in [0.15, 0.2) is 0 Å². The van der Waals surface area contributed by atoms with Crippen molar-refractivity contribution in [1.29, 1.82) is 0 Å². The van der Waals surface area contributed by atoms with Gasteiger partial charge in [-0.25, -0.2) is 0 Å². The summed E-state index contributed by atoms with van der Waals surface area (Å²) in [6, 6.07) is 9.52. The highest BCUT2D eigenvalue weighted by Crippen LogP contribution is 2.37. The van der Waals surface area contributed by atoms with E-state index in [9.17, 15) is 0 Å². The zero-order chi connectivity index (χ0) is 13.2. The molecule has 0 saturated heterocycles. The van der Waals surface area contributed by atoms with Gasteiger partial charge in [0.25, 0.3) is 0 Å². The molecule has 1 aromatic carbocycles. The molecule has 18 heavy (non-hydrogen) atoms. The van der Waals surface area contributed by atoms with E-state index in [1.807, 2.05) is 0 Å². The topological polar surface area (TPSA) is 12.0 Å². The Morgan fingerprint density at radius 2 is 1.83 bits per heavy atom. The van der Waals surface area contributed by atoms with Crippen LogP contribution in [0.25, 0.3) is 0 Å². The standard InChI is InChI=1S/C17H27N/c1-5-17(3,4)12-18-16-11-10-13(2)14-8-6-7-9-15(14)16/h6-9,13,16,18H,5,10-12H2,1-4H3. The molecule has 0 radical (unpaired) electrons. The summed E-state index contributed by atoms with van der Waals surface area (Å²) in [6.45, 7) is 10.4. The molecule has 0 saturated carbocycles. The van der Waals surface area contributed by atoms with Gasteiger partial charge in [-0.15, -0.1) is 0 Å². The summed E-state index contributed by atoms with van der Waals surface area (Å²) in [5.74, 6) is 0.721. The van der Waals surface area contributed by atoms with Gasteiger partial charge in [-0.3, -0.25) is 0 Å². The van der Waals surface area contributed by atoms with Gasteiger partial charge >= 0.3 is 0 Å². The van der Waals surface area contributed by atoms with Crippen molar-refractivity contribution >= 4 is 0 Å². The minimum Gasteiger partial charge on any atom is -0.309 e. The average Bonchev–Trinajstić information content (AvgIpc) is 2.38. The Bertz CT molecular complexity index is 394. The fraction of sp³-hybridized carbons (Fsp3) is 0.647. The smallest absolute Gasteiger partial charge is 0.0323 e. The highest BCUT2D eigenvalue weighted by molar-refractivity contribution is 5.34. The van der Waals surface area contributed by atoms with Gasteiger partial charge in [-0.2, -0.15) is 0 Å². The summed E-state index contributed by atoms with van der Waals surface area (Å²) in [6.07, 6.45) is 3.81. The number of hydrogen-bond donors (Lipinski definition) is 1. The maximum atomic E-state index is 3.79. The van der Waals surface area contributed by atoms with Crippen LogP contribution in [0.4, 0.5) is 0 Å². The lowest BCUT2D eigenvalue weighted by atomic mass is 9.80.